The molecule has 2 aliphatic rings. The minimum Gasteiger partial charge on any atom is -0.503 e. The molecule has 1 saturated heterocycles. The predicted molar refractivity (Wildman–Crippen MR) is 169 cm³/mol. The highest BCUT2D eigenvalue weighted by Crippen LogP contribution is 2.61. The van der Waals surface area contributed by atoms with Crippen molar-refractivity contribution in [3.63, 3.8) is 0 Å². The minimum atomic E-state index is -0.414. The summed E-state index contributed by atoms with van der Waals surface area (Å²) in [5.41, 5.74) is 3.78. The smallest absolute Gasteiger partial charge is 0.325 e. The Morgan fingerprint density at radius 3 is 2.59 bits per heavy atom. The van der Waals surface area contributed by atoms with Crippen molar-refractivity contribution in [3.05, 3.63) is 64.3 Å². The number of halogens is 2. The van der Waals surface area contributed by atoms with E-state index in [2.05, 4.69) is 52.8 Å². The van der Waals surface area contributed by atoms with Crippen LogP contribution in [0.4, 0.5) is 27.0 Å². The van der Waals surface area contributed by atoms with Gasteiger partial charge in [0.2, 0.25) is 0 Å². The van der Waals surface area contributed by atoms with Crippen LogP contribution in [-0.4, -0.2) is 47.3 Å². The Labute approximate surface area is 253 Å². The van der Waals surface area contributed by atoms with E-state index in [0.29, 0.717) is 42.4 Å². The molecule has 214 valence electrons. The van der Waals surface area contributed by atoms with E-state index < -0.39 is 6.03 Å². The lowest BCUT2D eigenvalue weighted by Crippen LogP contribution is -2.53. The van der Waals surface area contributed by atoms with E-state index in [1.807, 2.05) is 24.3 Å². The number of para-hydroxylation sites is 2. The molecular weight excluding hydrogens is 579 g/mol. The molecule has 0 bridgehead atoms. The summed E-state index contributed by atoms with van der Waals surface area (Å²) >= 11 is 14.3. The maximum atomic E-state index is 13.4. The van der Waals surface area contributed by atoms with Crippen molar-refractivity contribution in [2.24, 2.45) is 5.41 Å². The number of thiazole rings is 1. The van der Waals surface area contributed by atoms with Gasteiger partial charge in [0, 0.05) is 17.0 Å². The van der Waals surface area contributed by atoms with Gasteiger partial charge in [-0.15, -0.1) is 0 Å². The highest BCUT2D eigenvalue weighted by molar-refractivity contribution is 7.22. The lowest BCUT2D eigenvalue weighted by molar-refractivity contribution is 0.212. The standard InChI is InChI=1S/C30H32Cl2N6O2S/c1-29(2,3)16-38(17-30(12-14-33-15-13-30)24-18(31)8-10-22(39)25(24)38)21-7-5-4-6-19(21)34-27(40)37-28-35-20-9-11-23(32)36-26(20)41-28/h4-11,33H,12-17H2,1-3H3,(H2-,34,35,37,39,40)/p+1. The van der Waals surface area contributed by atoms with Gasteiger partial charge in [-0.1, -0.05) is 67.4 Å². The average molecular weight is 613 g/mol. The number of aromatic hydroxyl groups is 1. The fraction of sp³-hybridized carbons (Fsp3) is 0.367. The molecule has 4 heterocycles. The predicted octanol–water partition coefficient (Wildman–Crippen LogP) is 7.67. The van der Waals surface area contributed by atoms with Gasteiger partial charge < -0.3 is 15.7 Å². The number of nitrogens with zero attached hydrogens (tertiary/aromatic N) is 3. The molecule has 2 aromatic carbocycles. The first-order chi connectivity index (χ1) is 19.5. The Hall–Kier alpha value is -2.95. The van der Waals surface area contributed by atoms with Crippen molar-refractivity contribution in [1.82, 2.24) is 19.8 Å². The molecule has 4 N–H and O–H groups in total. The fourth-order valence-electron chi connectivity index (χ4n) is 6.77. The van der Waals surface area contributed by atoms with Crippen LogP contribution in [0.1, 0.15) is 39.2 Å². The first-order valence-corrected chi connectivity index (χ1v) is 15.3. The molecule has 1 fully saturated rings. The third-order valence-corrected chi connectivity index (χ3v) is 9.40. The van der Waals surface area contributed by atoms with Gasteiger partial charge in [-0.25, -0.2) is 14.8 Å². The number of pyridine rings is 1. The third-order valence-electron chi connectivity index (χ3n) is 8.00. The number of urea groups is 1. The maximum Gasteiger partial charge on any atom is 0.325 e. The summed E-state index contributed by atoms with van der Waals surface area (Å²) in [6.45, 7) is 9.82. The molecule has 11 heteroatoms. The average Bonchev–Trinajstić information content (AvgIpc) is 3.42. The molecule has 1 unspecified atom stereocenters. The number of nitrogens with one attached hydrogen (secondary N) is 3. The number of carbonyl (C=O) groups is 1. The van der Waals surface area contributed by atoms with Crippen LogP contribution in [0.2, 0.25) is 10.2 Å². The molecule has 1 spiro atoms. The van der Waals surface area contributed by atoms with Crippen LogP contribution in [0.25, 0.3) is 10.3 Å². The molecule has 1 atom stereocenters. The third kappa shape index (κ3) is 5.15. The van der Waals surface area contributed by atoms with Gasteiger partial charge in [-0.05, 0) is 56.3 Å². The number of hydrogen-bond donors (Lipinski definition) is 4. The number of piperidine rings is 1. The monoisotopic (exact) mass is 611 g/mol. The quantitative estimate of drug-likeness (QED) is 0.140. The Morgan fingerprint density at radius 1 is 1.07 bits per heavy atom. The van der Waals surface area contributed by atoms with Crippen molar-refractivity contribution in [1.29, 1.82) is 0 Å². The molecule has 41 heavy (non-hydrogen) atoms. The number of quaternary nitrogens is 1. The van der Waals surface area contributed by atoms with Gasteiger partial charge >= 0.3 is 6.03 Å². The van der Waals surface area contributed by atoms with Crippen molar-refractivity contribution in [3.8, 4) is 5.75 Å². The first kappa shape index (κ1) is 28.2. The van der Waals surface area contributed by atoms with Crippen LogP contribution in [-0.2, 0) is 5.41 Å². The zero-order chi connectivity index (χ0) is 29.0. The number of hydrogen-bond acceptors (Lipinski definition) is 6. The number of amides is 2. The Kier molecular flexibility index (Phi) is 7.15. The summed E-state index contributed by atoms with van der Waals surface area (Å²) in [6, 6.07) is 14.4. The van der Waals surface area contributed by atoms with Crippen molar-refractivity contribution in [2.75, 3.05) is 36.8 Å². The summed E-state index contributed by atoms with van der Waals surface area (Å²) in [7, 11) is 0. The molecule has 2 aromatic heterocycles. The summed E-state index contributed by atoms with van der Waals surface area (Å²) in [6.07, 6.45) is 1.83. The minimum absolute atomic E-state index is 0.116. The van der Waals surface area contributed by atoms with E-state index in [1.54, 1.807) is 18.2 Å². The number of benzene rings is 2. The Balaban J connectivity index is 1.44. The number of carbonyl (C=O) groups excluding carboxylic acids is 1. The number of rotatable bonds is 4. The van der Waals surface area contributed by atoms with E-state index in [0.717, 1.165) is 49.4 Å². The zero-order valence-electron chi connectivity index (χ0n) is 23.2. The first-order valence-electron chi connectivity index (χ1n) is 13.7. The molecule has 2 amide bonds. The molecule has 6 rings (SSSR count). The highest BCUT2D eigenvalue weighted by atomic mass is 35.5. The second-order valence-corrected chi connectivity index (χ2v) is 14.0. The topological polar surface area (TPSA) is 99.2 Å². The molecular formula is C30H33Cl2N6O2S+. The van der Waals surface area contributed by atoms with Crippen LogP contribution >= 0.6 is 34.5 Å². The largest absolute Gasteiger partial charge is 0.503 e. The van der Waals surface area contributed by atoms with E-state index >= 15 is 0 Å². The second-order valence-electron chi connectivity index (χ2n) is 12.2. The van der Waals surface area contributed by atoms with Crippen molar-refractivity contribution in [2.45, 2.75) is 39.0 Å². The van der Waals surface area contributed by atoms with Crippen LogP contribution in [0.5, 0.6) is 5.75 Å². The molecule has 4 aromatic rings. The van der Waals surface area contributed by atoms with E-state index in [1.165, 1.54) is 11.3 Å². The van der Waals surface area contributed by atoms with Crippen LogP contribution < -0.4 is 20.4 Å². The summed E-state index contributed by atoms with van der Waals surface area (Å²) in [4.78, 5) is 22.8. The number of phenolic OH excluding ortho intramolecular Hbond substituents is 1. The molecule has 0 aliphatic carbocycles. The normalized spacial score (nSPS) is 19.8. The number of aromatic nitrogens is 2. The molecule has 0 radical (unpaired) electrons. The molecule has 2 aliphatic heterocycles. The van der Waals surface area contributed by atoms with Gasteiger partial charge in [0.15, 0.2) is 22.3 Å². The number of anilines is 2. The Morgan fingerprint density at radius 2 is 1.83 bits per heavy atom. The molecule has 8 nitrogen and oxygen atoms in total. The zero-order valence-corrected chi connectivity index (χ0v) is 25.6. The fourth-order valence-corrected chi connectivity index (χ4v) is 8.15. The van der Waals surface area contributed by atoms with Gasteiger partial charge in [0.05, 0.1) is 23.5 Å². The lowest BCUT2D eigenvalue weighted by atomic mass is 9.74. The van der Waals surface area contributed by atoms with Crippen molar-refractivity contribution >= 4 is 73.1 Å². The second kappa shape index (κ2) is 10.4. The van der Waals surface area contributed by atoms with E-state index in [4.69, 9.17) is 23.2 Å². The number of phenols is 1. The van der Waals surface area contributed by atoms with Gasteiger partial charge in [0.25, 0.3) is 0 Å². The highest BCUT2D eigenvalue weighted by Gasteiger charge is 2.59. The molecule has 0 saturated carbocycles. The summed E-state index contributed by atoms with van der Waals surface area (Å²) in [5, 5.41) is 22.4. The van der Waals surface area contributed by atoms with Gasteiger partial charge in [-0.3, -0.25) is 9.80 Å². The van der Waals surface area contributed by atoms with Gasteiger partial charge in [-0.2, -0.15) is 0 Å². The van der Waals surface area contributed by atoms with Gasteiger partial charge in [0.1, 0.15) is 21.2 Å². The SMILES string of the molecule is CC(C)(C)C[N+]1(c2ccccc2NC(=O)Nc2nc3ccc(Cl)nc3s2)CC2(CCNCC2)c2c(Cl)ccc(O)c21. The maximum absolute atomic E-state index is 13.4. The van der Waals surface area contributed by atoms with Crippen molar-refractivity contribution < 1.29 is 9.90 Å². The van der Waals surface area contributed by atoms with E-state index in [-0.39, 0.29) is 16.6 Å². The van der Waals surface area contributed by atoms with Crippen LogP contribution in [0, 0.1) is 5.41 Å². The van der Waals surface area contributed by atoms with E-state index in [9.17, 15) is 9.90 Å². The summed E-state index contributed by atoms with van der Waals surface area (Å²) < 4.78 is 0.380. The number of fused-ring (bicyclic) bond motifs is 3. The summed E-state index contributed by atoms with van der Waals surface area (Å²) in [5.74, 6) is 0.226. The van der Waals surface area contributed by atoms with Crippen LogP contribution in [0.3, 0.4) is 0 Å². The Bertz CT molecular complexity index is 1650. The lowest BCUT2D eigenvalue weighted by Gasteiger charge is -2.42. The van der Waals surface area contributed by atoms with Crippen LogP contribution in [0.15, 0.2) is 48.5 Å².